The van der Waals surface area contributed by atoms with Crippen LogP contribution in [-0.4, -0.2) is 32.8 Å². The van der Waals surface area contributed by atoms with E-state index in [9.17, 15) is 9.59 Å². The Bertz CT molecular complexity index is 1120. The fraction of sp³-hybridized carbons (Fsp3) is 0.391. The number of rotatable bonds is 7. The van der Waals surface area contributed by atoms with Crippen LogP contribution >= 0.6 is 0 Å². The third-order valence-corrected chi connectivity index (χ3v) is 5.80. The largest absolute Gasteiger partial charge is 0.355 e. The molecule has 32 heavy (non-hydrogen) atoms. The summed E-state index contributed by atoms with van der Waals surface area (Å²) in [6, 6.07) is 13.1. The minimum absolute atomic E-state index is 0.0306. The quantitative estimate of drug-likeness (QED) is 0.525. The molecule has 1 aromatic carbocycles. The van der Waals surface area contributed by atoms with Crippen molar-refractivity contribution in [2.24, 2.45) is 0 Å². The number of amides is 2. The number of hydrogen-bond donors (Lipinski definition) is 3. The van der Waals surface area contributed by atoms with E-state index in [0.717, 1.165) is 36.9 Å². The molecule has 1 saturated heterocycles. The van der Waals surface area contributed by atoms with Gasteiger partial charge in [0.15, 0.2) is 17.7 Å². The summed E-state index contributed by atoms with van der Waals surface area (Å²) in [6.45, 7) is 2.09. The zero-order valence-corrected chi connectivity index (χ0v) is 17.9. The molecule has 5 rings (SSSR count). The van der Waals surface area contributed by atoms with Gasteiger partial charge in [-0.2, -0.15) is 5.10 Å². The second-order valence-corrected chi connectivity index (χ2v) is 8.40. The summed E-state index contributed by atoms with van der Waals surface area (Å²) >= 11 is 0. The van der Waals surface area contributed by atoms with Crippen LogP contribution in [0, 0.1) is 0 Å². The number of aromatic nitrogens is 3. The van der Waals surface area contributed by atoms with E-state index in [1.165, 1.54) is 0 Å². The Balaban J connectivity index is 1.38. The van der Waals surface area contributed by atoms with Gasteiger partial charge in [-0.3, -0.25) is 14.9 Å². The minimum Gasteiger partial charge on any atom is -0.355 e. The smallest absolute Gasteiger partial charge is 0.279 e. The Morgan fingerprint density at radius 1 is 1.25 bits per heavy atom. The van der Waals surface area contributed by atoms with E-state index in [2.05, 4.69) is 28.0 Å². The van der Waals surface area contributed by atoms with Crippen LogP contribution in [0.1, 0.15) is 67.4 Å². The van der Waals surface area contributed by atoms with Crippen molar-refractivity contribution in [1.29, 1.82) is 0 Å². The van der Waals surface area contributed by atoms with E-state index < -0.39 is 12.2 Å². The molecule has 0 radical (unpaired) electrons. The lowest BCUT2D eigenvalue weighted by atomic mass is 10.1. The molecule has 0 bridgehead atoms. The van der Waals surface area contributed by atoms with Crippen molar-refractivity contribution in [2.75, 3.05) is 5.32 Å². The maximum atomic E-state index is 12.9. The van der Waals surface area contributed by atoms with Crippen molar-refractivity contribution in [3.63, 3.8) is 0 Å². The molecule has 2 atom stereocenters. The van der Waals surface area contributed by atoms with Gasteiger partial charge in [0.1, 0.15) is 5.82 Å². The Labute approximate surface area is 185 Å². The molecule has 2 amide bonds. The highest BCUT2D eigenvalue weighted by Crippen LogP contribution is 2.40. The van der Waals surface area contributed by atoms with Gasteiger partial charge in [-0.05, 0) is 19.3 Å². The van der Waals surface area contributed by atoms with Crippen LogP contribution in [0.5, 0.6) is 0 Å². The van der Waals surface area contributed by atoms with Crippen molar-refractivity contribution < 1.29 is 14.1 Å². The van der Waals surface area contributed by atoms with E-state index in [4.69, 9.17) is 9.62 Å². The van der Waals surface area contributed by atoms with Gasteiger partial charge in [0.05, 0.1) is 5.69 Å². The van der Waals surface area contributed by atoms with Gasteiger partial charge in [0.25, 0.3) is 5.91 Å². The second-order valence-electron chi connectivity index (χ2n) is 8.40. The van der Waals surface area contributed by atoms with Gasteiger partial charge >= 0.3 is 0 Å². The third kappa shape index (κ3) is 4.29. The third-order valence-electron chi connectivity index (χ3n) is 5.80. The van der Waals surface area contributed by atoms with Crippen LogP contribution in [0.3, 0.4) is 0 Å². The van der Waals surface area contributed by atoms with E-state index in [-0.39, 0.29) is 17.6 Å². The number of nitrogens with zero attached hydrogens (tertiary/aromatic N) is 3. The van der Waals surface area contributed by atoms with E-state index in [0.29, 0.717) is 23.9 Å². The SMILES string of the molecule is CCCC1CC(=O)NC(n2nc(C3CC3)cc2NC(=O)c2cc(-c3ccccc3)on2)N1. The summed E-state index contributed by atoms with van der Waals surface area (Å²) in [5, 5.41) is 17.9. The maximum absolute atomic E-state index is 12.9. The first kappa shape index (κ1) is 20.4. The predicted octanol–water partition coefficient (Wildman–Crippen LogP) is 3.40. The van der Waals surface area contributed by atoms with Crippen LogP contribution in [0.2, 0.25) is 0 Å². The molecule has 1 aliphatic heterocycles. The fourth-order valence-corrected chi connectivity index (χ4v) is 4.01. The minimum atomic E-state index is -0.521. The van der Waals surface area contributed by atoms with Gasteiger partial charge in [0.2, 0.25) is 5.91 Å². The Morgan fingerprint density at radius 3 is 2.81 bits per heavy atom. The summed E-state index contributed by atoms with van der Waals surface area (Å²) in [4.78, 5) is 25.2. The number of hydrogen-bond acceptors (Lipinski definition) is 6. The number of carbonyl (C=O) groups excluding carboxylic acids is 2. The van der Waals surface area contributed by atoms with Crippen LogP contribution in [0.4, 0.5) is 5.82 Å². The van der Waals surface area contributed by atoms with Crippen LogP contribution in [0.25, 0.3) is 11.3 Å². The summed E-state index contributed by atoms with van der Waals surface area (Å²) in [7, 11) is 0. The zero-order valence-electron chi connectivity index (χ0n) is 17.9. The molecule has 0 spiro atoms. The van der Waals surface area contributed by atoms with Crippen LogP contribution in [-0.2, 0) is 4.79 Å². The standard InChI is InChI=1S/C23H26N6O3/c1-2-6-16-11-21(30)26-23(24-16)29-20(13-17(27-29)14-9-10-14)25-22(31)18-12-19(32-28-18)15-7-4-3-5-8-15/h3-5,7-8,12-14,16,23-24H,2,6,9-11H2,1H3,(H,25,31)(H,26,30). The lowest BCUT2D eigenvalue weighted by Crippen LogP contribution is -2.53. The molecule has 166 valence electrons. The lowest BCUT2D eigenvalue weighted by molar-refractivity contribution is -0.125. The monoisotopic (exact) mass is 434 g/mol. The Morgan fingerprint density at radius 2 is 2.06 bits per heavy atom. The molecule has 3 heterocycles. The highest BCUT2D eigenvalue weighted by molar-refractivity contribution is 6.02. The number of carbonyl (C=O) groups is 2. The van der Waals surface area contributed by atoms with Crippen molar-refractivity contribution in [3.05, 3.63) is 53.9 Å². The summed E-state index contributed by atoms with van der Waals surface area (Å²) in [5.41, 5.74) is 1.93. The average molecular weight is 435 g/mol. The molecule has 3 aromatic rings. The molecule has 9 nitrogen and oxygen atoms in total. The van der Waals surface area contributed by atoms with Crippen molar-refractivity contribution in [2.45, 2.75) is 57.3 Å². The summed E-state index contributed by atoms with van der Waals surface area (Å²) in [6.07, 6.45) is 3.94. The van der Waals surface area contributed by atoms with Gasteiger partial charge in [-0.1, -0.05) is 48.8 Å². The Kier molecular flexibility index (Phi) is 5.48. The fourth-order valence-electron chi connectivity index (χ4n) is 4.01. The summed E-state index contributed by atoms with van der Waals surface area (Å²) < 4.78 is 7.02. The van der Waals surface area contributed by atoms with Crippen LogP contribution < -0.4 is 16.0 Å². The Hall–Kier alpha value is -3.46. The molecule has 1 saturated carbocycles. The molecular weight excluding hydrogens is 408 g/mol. The first-order chi connectivity index (χ1) is 15.6. The van der Waals surface area contributed by atoms with Gasteiger partial charge in [-0.25, -0.2) is 4.68 Å². The highest BCUT2D eigenvalue weighted by atomic mass is 16.5. The second kappa shape index (κ2) is 8.58. The molecule has 1 aliphatic carbocycles. The van der Waals surface area contributed by atoms with E-state index in [1.54, 1.807) is 10.7 Å². The topological polar surface area (TPSA) is 114 Å². The molecular formula is C23H26N6O3. The summed E-state index contributed by atoms with van der Waals surface area (Å²) in [5.74, 6) is 1.00. The maximum Gasteiger partial charge on any atom is 0.279 e. The molecule has 2 aromatic heterocycles. The van der Waals surface area contributed by atoms with Gasteiger partial charge < -0.3 is 15.2 Å². The molecule has 2 aliphatic rings. The number of nitrogens with one attached hydrogen (secondary N) is 3. The molecule has 2 unspecified atom stereocenters. The van der Waals surface area contributed by atoms with Crippen molar-refractivity contribution in [1.82, 2.24) is 25.6 Å². The predicted molar refractivity (Wildman–Crippen MR) is 118 cm³/mol. The van der Waals surface area contributed by atoms with Crippen molar-refractivity contribution >= 4 is 17.6 Å². The van der Waals surface area contributed by atoms with E-state index >= 15 is 0 Å². The van der Waals surface area contributed by atoms with Crippen LogP contribution in [0.15, 0.2) is 47.0 Å². The highest BCUT2D eigenvalue weighted by Gasteiger charge is 2.32. The zero-order chi connectivity index (χ0) is 22.1. The molecule has 2 fully saturated rings. The molecule has 9 heteroatoms. The number of benzene rings is 1. The molecule has 3 N–H and O–H groups in total. The van der Waals surface area contributed by atoms with Gasteiger partial charge in [-0.15, -0.1) is 0 Å². The lowest BCUT2D eigenvalue weighted by Gasteiger charge is -2.32. The van der Waals surface area contributed by atoms with E-state index in [1.807, 2.05) is 36.4 Å². The average Bonchev–Trinajstić information content (AvgIpc) is 3.36. The first-order valence-corrected chi connectivity index (χ1v) is 11.1. The first-order valence-electron chi connectivity index (χ1n) is 11.1. The normalized spacial score (nSPS) is 20.7. The number of anilines is 1. The van der Waals surface area contributed by atoms with Gasteiger partial charge in [0, 0.05) is 36.1 Å². The van der Waals surface area contributed by atoms with Crippen molar-refractivity contribution in [3.8, 4) is 11.3 Å².